The summed E-state index contributed by atoms with van der Waals surface area (Å²) in [5.74, 6) is 1.11. The summed E-state index contributed by atoms with van der Waals surface area (Å²) in [5.41, 5.74) is 2.67. The van der Waals surface area contributed by atoms with Crippen LogP contribution in [0.4, 0.5) is 23.1 Å². The molecule has 0 spiro atoms. The maximum atomic E-state index is 11.0. The fourth-order valence-corrected chi connectivity index (χ4v) is 2.19. The number of rotatable bonds is 6. The number of nitrogens with zero attached hydrogens (tertiary/aromatic N) is 3. The highest BCUT2D eigenvalue weighted by atomic mass is 16.1. The summed E-state index contributed by atoms with van der Waals surface area (Å²) in [7, 11) is 0. The van der Waals surface area contributed by atoms with Crippen LogP contribution in [0.1, 0.15) is 12.5 Å². The largest absolute Gasteiger partial charge is 0.350 e. The zero-order chi connectivity index (χ0) is 17.5. The average Bonchev–Trinajstić information content (AvgIpc) is 2.62. The summed E-state index contributed by atoms with van der Waals surface area (Å²) < 4.78 is 0. The Bertz CT molecular complexity index is 836. The smallest absolute Gasteiger partial charge is 0.224 e. The molecule has 0 aliphatic rings. The lowest BCUT2D eigenvalue weighted by atomic mass is 10.2. The summed E-state index contributed by atoms with van der Waals surface area (Å²) in [6.45, 7) is 2.08. The second-order valence-electron chi connectivity index (χ2n) is 5.36. The van der Waals surface area contributed by atoms with Gasteiger partial charge in [-0.2, -0.15) is 4.98 Å². The van der Waals surface area contributed by atoms with Gasteiger partial charge < -0.3 is 16.0 Å². The summed E-state index contributed by atoms with van der Waals surface area (Å²) in [4.78, 5) is 23.8. The second-order valence-corrected chi connectivity index (χ2v) is 5.36. The first-order chi connectivity index (χ1) is 12.2. The fourth-order valence-electron chi connectivity index (χ4n) is 2.19. The molecule has 0 bridgehead atoms. The van der Waals surface area contributed by atoms with Gasteiger partial charge in [0.15, 0.2) is 0 Å². The van der Waals surface area contributed by atoms with Crippen molar-refractivity contribution in [2.24, 2.45) is 0 Å². The monoisotopic (exact) mass is 334 g/mol. The Kier molecular flexibility index (Phi) is 5.16. The van der Waals surface area contributed by atoms with Gasteiger partial charge in [-0.15, -0.1) is 0 Å². The molecule has 0 unspecified atom stereocenters. The zero-order valence-corrected chi connectivity index (χ0v) is 13.7. The van der Waals surface area contributed by atoms with Crippen molar-refractivity contribution in [3.05, 3.63) is 66.6 Å². The summed E-state index contributed by atoms with van der Waals surface area (Å²) in [6, 6.07) is 13.1. The molecule has 2 heterocycles. The molecule has 2 aromatic heterocycles. The van der Waals surface area contributed by atoms with Gasteiger partial charge in [-0.25, -0.2) is 4.98 Å². The number of hydrogen-bond acceptors (Lipinski definition) is 6. The van der Waals surface area contributed by atoms with Gasteiger partial charge in [-0.05, 0) is 42.0 Å². The quantitative estimate of drug-likeness (QED) is 0.641. The third-order valence-electron chi connectivity index (χ3n) is 3.31. The Morgan fingerprint density at radius 3 is 2.56 bits per heavy atom. The topological polar surface area (TPSA) is 91.8 Å². The minimum absolute atomic E-state index is 0.0964. The van der Waals surface area contributed by atoms with E-state index in [2.05, 4.69) is 30.9 Å². The van der Waals surface area contributed by atoms with Crippen molar-refractivity contribution in [3.8, 4) is 0 Å². The van der Waals surface area contributed by atoms with Crippen LogP contribution in [0, 0.1) is 0 Å². The van der Waals surface area contributed by atoms with Gasteiger partial charge in [-0.3, -0.25) is 9.78 Å². The Labute approximate surface area is 145 Å². The average molecular weight is 334 g/mol. The normalized spacial score (nSPS) is 10.1. The van der Waals surface area contributed by atoms with Crippen LogP contribution in [0.25, 0.3) is 0 Å². The van der Waals surface area contributed by atoms with E-state index in [1.165, 1.54) is 6.92 Å². The molecule has 0 aliphatic carbocycles. The van der Waals surface area contributed by atoms with Gasteiger partial charge >= 0.3 is 0 Å². The van der Waals surface area contributed by atoms with Crippen molar-refractivity contribution in [1.29, 1.82) is 0 Å². The van der Waals surface area contributed by atoms with Gasteiger partial charge in [0.05, 0.1) is 0 Å². The van der Waals surface area contributed by atoms with Crippen molar-refractivity contribution >= 4 is 29.0 Å². The molecule has 0 radical (unpaired) electrons. The van der Waals surface area contributed by atoms with Crippen LogP contribution in [-0.4, -0.2) is 20.9 Å². The lowest BCUT2D eigenvalue weighted by Gasteiger charge is -2.09. The van der Waals surface area contributed by atoms with Crippen LogP contribution in [0.5, 0.6) is 0 Å². The number of benzene rings is 1. The maximum Gasteiger partial charge on any atom is 0.224 e. The first-order valence-electron chi connectivity index (χ1n) is 7.79. The van der Waals surface area contributed by atoms with Crippen LogP contribution in [0.15, 0.2) is 61.1 Å². The molecule has 1 amide bonds. The third kappa shape index (κ3) is 5.00. The molecule has 7 nitrogen and oxygen atoms in total. The number of aromatic nitrogens is 3. The van der Waals surface area contributed by atoms with Crippen LogP contribution < -0.4 is 16.0 Å². The third-order valence-corrected chi connectivity index (χ3v) is 3.31. The maximum absolute atomic E-state index is 11.0. The molecule has 126 valence electrons. The summed E-state index contributed by atoms with van der Waals surface area (Å²) >= 11 is 0. The highest BCUT2D eigenvalue weighted by molar-refractivity contribution is 5.88. The molecule has 0 saturated carbocycles. The van der Waals surface area contributed by atoms with E-state index in [-0.39, 0.29) is 5.91 Å². The highest BCUT2D eigenvalue weighted by Crippen LogP contribution is 2.18. The van der Waals surface area contributed by atoms with Gasteiger partial charge in [0.1, 0.15) is 5.82 Å². The zero-order valence-electron chi connectivity index (χ0n) is 13.7. The van der Waals surface area contributed by atoms with Crippen molar-refractivity contribution < 1.29 is 4.79 Å². The molecule has 0 aliphatic heterocycles. The fraction of sp³-hybridized carbons (Fsp3) is 0.111. The van der Waals surface area contributed by atoms with E-state index < -0.39 is 0 Å². The van der Waals surface area contributed by atoms with E-state index in [1.54, 1.807) is 24.7 Å². The van der Waals surface area contributed by atoms with Crippen LogP contribution in [0.3, 0.4) is 0 Å². The lowest BCUT2D eigenvalue weighted by Crippen LogP contribution is -2.06. The second kappa shape index (κ2) is 7.87. The molecule has 3 aromatic rings. The molecule has 1 aromatic carbocycles. The number of anilines is 4. The number of carbonyl (C=O) groups is 1. The lowest BCUT2D eigenvalue weighted by molar-refractivity contribution is -0.114. The number of hydrogen-bond donors (Lipinski definition) is 3. The Hall–Kier alpha value is -3.48. The molecule has 0 saturated heterocycles. The summed E-state index contributed by atoms with van der Waals surface area (Å²) in [6.07, 6.45) is 5.22. The molecule has 3 rings (SSSR count). The van der Waals surface area contributed by atoms with Gasteiger partial charge in [0.25, 0.3) is 0 Å². The Balaban J connectivity index is 1.62. The molecule has 25 heavy (non-hydrogen) atoms. The van der Waals surface area contributed by atoms with Crippen LogP contribution in [0.2, 0.25) is 0 Å². The minimum Gasteiger partial charge on any atom is -0.350 e. The van der Waals surface area contributed by atoms with E-state index in [0.717, 1.165) is 16.9 Å². The minimum atomic E-state index is -0.0964. The number of nitrogens with one attached hydrogen (secondary N) is 3. The van der Waals surface area contributed by atoms with Gasteiger partial charge in [0, 0.05) is 43.4 Å². The molecular weight excluding hydrogens is 316 g/mol. The van der Waals surface area contributed by atoms with Crippen LogP contribution >= 0.6 is 0 Å². The van der Waals surface area contributed by atoms with Crippen molar-refractivity contribution in [2.45, 2.75) is 13.5 Å². The molecule has 7 heteroatoms. The van der Waals surface area contributed by atoms with Gasteiger partial charge in [0.2, 0.25) is 11.9 Å². The van der Waals surface area contributed by atoms with E-state index in [0.29, 0.717) is 18.3 Å². The predicted octanol–water partition coefficient (Wildman–Crippen LogP) is 3.19. The Morgan fingerprint density at radius 1 is 1.04 bits per heavy atom. The SMILES string of the molecule is CC(=O)Nc1ccc(Nc2ccnc(NCc3cccnc3)n2)cc1. The first-order valence-corrected chi connectivity index (χ1v) is 7.79. The molecule has 0 fully saturated rings. The Morgan fingerprint density at radius 2 is 1.84 bits per heavy atom. The van der Waals surface area contributed by atoms with Crippen molar-refractivity contribution in [3.63, 3.8) is 0 Å². The predicted molar refractivity (Wildman–Crippen MR) is 97.6 cm³/mol. The van der Waals surface area contributed by atoms with Crippen molar-refractivity contribution in [2.75, 3.05) is 16.0 Å². The molecule has 0 atom stereocenters. The number of pyridine rings is 1. The molecule has 3 N–H and O–H groups in total. The van der Waals surface area contributed by atoms with Gasteiger partial charge in [-0.1, -0.05) is 6.07 Å². The highest BCUT2D eigenvalue weighted by Gasteiger charge is 2.01. The van der Waals surface area contributed by atoms with E-state index in [9.17, 15) is 4.79 Å². The van der Waals surface area contributed by atoms with E-state index >= 15 is 0 Å². The summed E-state index contributed by atoms with van der Waals surface area (Å²) in [5, 5.41) is 9.10. The van der Waals surface area contributed by atoms with E-state index in [4.69, 9.17) is 0 Å². The van der Waals surface area contributed by atoms with E-state index in [1.807, 2.05) is 36.4 Å². The molecular formula is C18H18N6O. The number of amides is 1. The number of carbonyl (C=O) groups excluding carboxylic acids is 1. The van der Waals surface area contributed by atoms with Crippen molar-refractivity contribution in [1.82, 2.24) is 15.0 Å². The first kappa shape index (κ1) is 16.4. The standard InChI is InChI=1S/C18H18N6O/c1-13(25)22-15-4-6-16(7-5-15)23-17-8-10-20-18(24-17)21-12-14-3-2-9-19-11-14/h2-11H,12H2,1H3,(H,22,25)(H2,20,21,23,24). The van der Waals surface area contributed by atoms with Crippen LogP contribution in [-0.2, 0) is 11.3 Å².